The standard InChI is InChI=1S/C25H22N6O3/c1-2-6-21-20(24(32)30-14-5-9-22(25(33)34)31(21)30)15-16-10-12-17(13-11-16)18-7-3-4-8-19(18)23-26-28-29-27-23/h3-5,7-14H,2,6,15H2,1H3,(H,33,34)(H,26,27,28,29). The Bertz CT molecular complexity index is 1530. The van der Waals surface area contributed by atoms with E-state index in [2.05, 4.69) is 20.6 Å². The molecule has 3 aromatic heterocycles. The summed E-state index contributed by atoms with van der Waals surface area (Å²) in [7, 11) is 0. The number of hydrogen-bond donors (Lipinski definition) is 2. The lowest BCUT2D eigenvalue weighted by Crippen LogP contribution is -2.17. The first-order chi connectivity index (χ1) is 16.6. The number of nitrogens with one attached hydrogen (secondary N) is 1. The van der Waals surface area contributed by atoms with Gasteiger partial charge in [0.05, 0.1) is 5.69 Å². The minimum atomic E-state index is -1.07. The highest BCUT2D eigenvalue weighted by molar-refractivity contribution is 5.85. The third-order valence-electron chi connectivity index (χ3n) is 5.87. The summed E-state index contributed by atoms with van der Waals surface area (Å²) in [6.45, 7) is 2.01. The van der Waals surface area contributed by atoms with Crippen LogP contribution in [0.15, 0.2) is 71.7 Å². The number of aromatic amines is 1. The summed E-state index contributed by atoms with van der Waals surface area (Å²) in [5, 5.41) is 23.8. The molecule has 0 saturated carbocycles. The van der Waals surface area contributed by atoms with E-state index in [9.17, 15) is 14.7 Å². The fourth-order valence-corrected chi connectivity index (χ4v) is 4.35. The zero-order valence-corrected chi connectivity index (χ0v) is 18.5. The van der Waals surface area contributed by atoms with Gasteiger partial charge in [-0.25, -0.2) is 18.9 Å². The second kappa shape index (κ2) is 8.78. The van der Waals surface area contributed by atoms with E-state index >= 15 is 0 Å². The molecule has 3 heterocycles. The van der Waals surface area contributed by atoms with Gasteiger partial charge in [-0.3, -0.25) is 4.79 Å². The summed E-state index contributed by atoms with van der Waals surface area (Å²) < 4.78 is 2.92. The molecule has 0 saturated heterocycles. The Morgan fingerprint density at radius 3 is 2.47 bits per heavy atom. The molecule has 0 atom stereocenters. The molecule has 0 aliphatic rings. The van der Waals surface area contributed by atoms with Crippen molar-refractivity contribution in [3.8, 4) is 22.5 Å². The van der Waals surface area contributed by atoms with Crippen molar-refractivity contribution in [2.24, 2.45) is 0 Å². The van der Waals surface area contributed by atoms with Crippen LogP contribution in [0.5, 0.6) is 0 Å². The topological polar surface area (TPSA) is 118 Å². The lowest BCUT2D eigenvalue weighted by Gasteiger charge is -2.09. The monoisotopic (exact) mass is 454 g/mol. The van der Waals surface area contributed by atoms with Gasteiger partial charge < -0.3 is 5.11 Å². The summed E-state index contributed by atoms with van der Waals surface area (Å²) in [4.78, 5) is 25.0. The molecule has 0 unspecified atom stereocenters. The van der Waals surface area contributed by atoms with Crippen molar-refractivity contribution in [1.29, 1.82) is 0 Å². The van der Waals surface area contributed by atoms with Crippen LogP contribution in [0.1, 0.15) is 40.7 Å². The Hall–Kier alpha value is -4.53. The van der Waals surface area contributed by atoms with Gasteiger partial charge in [-0.15, -0.1) is 5.10 Å². The molecule has 2 aromatic carbocycles. The molecule has 9 heteroatoms. The lowest BCUT2D eigenvalue weighted by molar-refractivity contribution is 0.0685. The van der Waals surface area contributed by atoms with Crippen LogP contribution in [0, 0.1) is 0 Å². The van der Waals surface area contributed by atoms with Crippen molar-refractivity contribution in [3.63, 3.8) is 0 Å². The summed E-state index contributed by atoms with van der Waals surface area (Å²) in [5.74, 6) is -0.478. The summed E-state index contributed by atoms with van der Waals surface area (Å²) in [6.07, 6.45) is 3.41. The quantitative estimate of drug-likeness (QED) is 0.389. The van der Waals surface area contributed by atoms with E-state index in [4.69, 9.17) is 0 Å². The molecule has 0 bridgehead atoms. The highest BCUT2D eigenvalue weighted by Crippen LogP contribution is 2.30. The predicted molar refractivity (Wildman–Crippen MR) is 126 cm³/mol. The van der Waals surface area contributed by atoms with Crippen molar-refractivity contribution in [2.75, 3.05) is 0 Å². The van der Waals surface area contributed by atoms with Crippen molar-refractivity contribution in [2.45, 2.75) is 26.2 Å². The van der Waals surface area contributed by atoms with Crippen LogP contribution in [0.3, 0.4) is 0 Å². The highest BCUT2D eigenvalue weighted by Gasteiger charge is 2.20. The molecular weight excluding hydrogens is 432 g/mol. The maximum Gasteiger partial charge on any atom is 0.354 e. The number of H-pyrrole nitrogens is 1. The Morgan fingerprint density at radius 2 is 1.79 bits per heavy atom. The van der Waals surface area contributed by atoms with Crippen LogP contribution in [-0.4, -0.2) is 40.7 Å². The van der Waals surface area contributed by atoms with Crippen LogP contribution >= 0.6 is 0 Å². The van der Waals surface area contributed by atoms with Crippen molar-refractivity contribution >= 4 is 5.97 Å². The van der Waals surface area contributed by atoms with E-state index in [0.29, 0.717) is 24.2 Å². The number of benzene rings is 2. The van der Waals surface area contributed by atoms with Crippen LogP contribution in [-0.2, 0) is 12.8 Å². The number of carboxylic acid groups (broad SMARTS) is 1. The molecule has 5 rings (SSSR count). The Morgan fingerprint density at radius 1 is 1.03 bits per heavy atom. The Kier molecular flexibility index (Phi) is 5.51. The van der Waals surface area contributed by atoms with Gasteiger partial charge in [-0.2, -0.15) is 0 Å². The molecule has 0 aliphatic heterocycles. The molecule has 0 fully saturated rings. The molecule has 0 amide bonds. The van der Waals surface area contributed by atoms with Gasteiger partial charge >= 0.3 is 5.97 Å². The van der Waals surface area contributed by atoms with Gasteiger partial charge in [0.2, 0.25) is 0 Å². The van der Waals surface area contributed by atoms with Crippen molar-refractivity contribution in [3.05, 3.63) is 99.7 Å². The normalized spacial score (nSPS) is 11.2. The first-order valence-corrected chi connectivity index (χ1v) is 11.0. The molecular formula is C25H22N6O3. The molecule has 0 radical (unpaired) electrons. The van der Waals surface area contributed by atoms with Crippen LogP contribution in [0.25, 0.3) is 22.5 Å². The fraction of sp³-hybridized carbons (Fsp3) is 0.160. The molecule has 9 nitrogen and oxygen atoms in total. The lowest BCUT2D eigenvalue weighted by atomic mass is 9.96. The number of aryl methyl sites for hydroxylation is 1. The maximum atomic E-state index is 13.2. The van der Waals surface area contributed by atoms with Crippen LogP contribution in [0.2, 0.25) is 0 Å². The molecule has 0 spiro atoms. The van der Waals surface area contributed by atoms with Gasteiger partial charge in [0, 0.05) is 23.7 Å². The van der Waals surface area contributed by atoms with Gasteiger partial charge in [-0.05, 0) is 45.7 Å². The largest absolute Gasteiger partial charge is 0.477 e. The molecule has 2 N–H and O–H groups in total. The highest BCUT2D eigenvalue weighted by atomic mass is 16.4. The third kappa shape index (κ3) is 3.66. The maximum absolute atomic E-state index is 13.2. The number of carbonyl (C=O) groups is 1. The minimum Gasteiger partial charge on any atom is -0.477 e. The number of aromatic carboxylic acids is 1. The number of nitrogens with zero attached hydrogens (tertiary/aromatic N) is 5. The van der Waals surface area contributed by atoms with E-state index in [1.807, 2.05) is 55.5 Å². The average molecular weight is 454 g/mol. The van der Waals surface area contributed by atoms with Crippen molar-refractivity contribution in [1.82, 2.24) is 29.7 Å². The zero-order chi connectivity index (χ0) is 23.7. The van der Waals surface area contributed by atoms with Crippen LogP contribution < -0.4 is 5.56 Å². The minimum absolute atomic E-state index is 0.0724. The van der Waals surface area contributed by atoms with E-state index in [1.165, 1.54) is 15.1 Å². The number of fused-ring (bicyclic) bond motifs is 1. The summed E-state index contributed by atoms with van der Waals surface area (Å²) in [6, 6.07) is 18.9. The van der Waals surface area contributed by atoms with Gasteiger partial charge in [0.15, 0.2) is 5.82 Å². The Labute approximate surface area is 194 Å². The smallest absolute Gasteiger partial charge is 0.354 e. The van der Waals surface area contributed by atoms with Gasteiger partial charge in [-0.1, -0.05) is 61.9 Å². The van der Waals surface area contributed by atoms with E-state index in [0.717, 1.165) is 34.4 Å². The van der Waals surface area contributed by atoms with Gasteiger partial charge in [0.1, 0.15) is 5.69 Å². The van der Waals surface area contributed by atoms with Crippen molar-refractivity contribution < 1.29 is 9.90 Å². The number of tetrazole rings is 1. The molecule has 170 valence electrons. The predicted octanol–water partition coefficient (Wildman–Crippen LogP) is 3.49. The van der Waals surface area contributed by atoms with E-state index in [1.54, 1.807) is 12.3 Å². The number of aromatic nitrogens is 6. The SMILES string of the molecule is CCCc1c(Cc2ccc(-c3ccccc3-c3nnn[nH]3)cc2)c(=O)n2cccc(C(=O)O)n12. The Balaban J connectivity index is 1.54. The number of carboxylic acids is 1. The first kappa shape index (κ1) is 21.3. The summed E-state index contributed by atoms with van der Waals surface area (Å²) >= 11 is 0. The molecule has 34 heavy (non-hydrogen) atoms. The fourth-order valence-electron chi connectivity index (χ4n) is 4.35. The molecule has 0 aliphatic carbocycles. The van der Waals surface area contributed by atoms with E-state index < -0.39 is 5.97 Å². The number of rotatable bonds is 7. The third-order valence-corrected chi connectivity index (χ3v) is 5.87. The second-order valence-electron chi connectivity index (χ2n) is 8.00. The van der Waals surface area contributed by atoms with Gasteiger partial charge in [0.25, 0.3) is 5.56 Å². The molecule has 5 aromatic rings. The van der Waals surface area contributed by atoms with Crippen LogP contribution in [0.4, 0.5) is 0 Å². The number of hydrogen-bond acceptors (Lipinski definition) is 5. The summed E-state index contributed by atoms with van der Waals surface area (Å²) in [5.41, 5.74) is 5.06. The zero-order valence-electron chi connectivity index (χ0n) is 18.5. The first-order valence-electron chi connectivity index (χ1n) is 11.0. The second-order valence-corrected chi connectivity index (χ2v) is 8.00. The van der Waals surface area contributed by atoms with E-state index in [-0.39, 0.29) is 11.3 Å². The average Bonchev–Trinajstić information content (AvgIpc) is 3.48.